The maximum absolute atomic E-state index is 13.6. The fourth-order valence-corrected chi connectivity index (χ4v) is 6.22. The van der Waals surface area contributed by atoms with Crippen LogP contribution in [-0.2, 0) is 11.2 Å². The summed E-state index contributed by atoms with van der Waals surface area (Å²) in [4.78, 5) is 43.0. The van der Waals surface area contributed by atoms with Crippen LogP contribution in [0.2, 0.25) is 0 Å². The number of fused-ring (bicyclic) bond motifs is 2. The molecule has 240 valence electrons. The SMILES string of the molecule is C[C@@H]1CN([C@H](C)CO)C(=O)Cc2cc(NC(=O)NC3CCCCC3)ccc2O[C@H]1CN(C)C(=O)Nc1cccc2ccccc12. The molecule has 0 spiro atoms. The summed E-state index contributed by atoms with van der Waals surface area (Å²) < 4.78 is 6.57. The van der Waals surface area contributed by atoms with Crippen molar-refractivity contribution in [3.63, 3.8) is 0 Å². The smallest absolute Gasteiger partial charge is 0.321 e. The van der Waals surface area contributed by atoms with Crippen LogP contribution in [0.25, 0.3) is 10.8 Å². The van der Waals surface area contributed by atoms with Crippen molar-refractivity contribution in [3.05, 3.63) is 66.2 Å². The number of anilines is 2. The summed E-state index contributed by atoms with van der Waals surface area (Å²) in [5.41, 5.74) is 1.92. The first-order valence-corrected chi connectivity index (χ1v) is 16.0. The number of hydrogen-bond donors (Lipinski definition) is 4. The lowest BCUT2D eigenvalue weighted by atomic mass is 9.96. The van der Waals surface area contributed by atoms with Gasteiger partial charge in [-0.15, -0.1) is 0 Å². The number of ether oxygens (including phenoxy) is 1. The number of nitrogens with one attached hydrogen (secondary N) is 3. The van der Waals surface area contributed by atoms with Crippen LogP contribution >= 0.6 is 0 Å². The number of rotatable bonds is 7. The summed E-state index contributed by atoms with van der Waals surface area (Å²) in [5.74, 6) is 0.223. The van der Waals surface area contributed by atoms with E-state index in [0.29, 0.717) is 23.5 Å². The summed E-state index contributed by atoms with van der Waals surface area (Å²) in [6.07, 6.45) is 4.99. The van der Waals surface area contributed by atoms with Gasteiger partial charge in [0.05, 0.1) is 31.3 Å². The Balaban J connectivity index is 1.34. The second-order valence-corrected chi connectivity index (χ2v) is 12.5. The third-order valence-electron chi connectivity index (χ3n) is 8.95. The minimum Gasteiger partial charge on any atom is -0.488 e. The van der Waals surface area contributed by atoms with Crippen LogP contribution in [0.4, 0.5) is 21.0 Å². The Labute approximate surface area is 265 Å². The molecule has 3 atom stereocenters. The first-order chi connectivity index (χ1) is 21.7. The van der Waals surface area contributed by atoms with Crippen molar-refractivity contribution in [2.24, 2.45) is 5.92 Å². The molecule has 10 heteroatoms. The predicted octanol–water partition coefficient (Wildman–Crippen LogP) is 5.61. The molecule has 2 aliphatic rings. The van der Waals surface area contributed by atoms with E-state index in [-0.39, 0.29) is 49.5 Å². The molecule has 4 N–H and O–H groups in total. The molecule has 1 aliphatic carbocycles. The molecule has 0 unspecified atom stereocenters. The molecule has 1 saturated carbocycles. The number of aliphatic hydroxyl groups excluding tert-OH is 1. The highest BCUT2D eigenvalue weighted by Crippen LogP contribution is 2.30. The maximum Gasteiger partial charge on any atom is 0.321 e. The quantitative estimate of drug-likeness (QED) is 0.275. The number of urea groups is 2. The zero-order valence-corrected chi connectivity index (χ0v) is 26.4. The molecule has 5 amide bonds. The molecule has 45 heavy (non-hydrogen) atoms. The molecule has 3 aromatic carbocycles. The fraction of sp³-hybridized carbons (Fsp3) is 0.457. The van der Waals surface area contributed by atoms with E-state index in [1.807, 2.05) is 56.3 Å². The van der Waals surface area contributed by atoms with Gasteiger partial charge in [0.15, 0.2) is 0 Å². The van der Waals surface area contributed by atoms with Crippen molar-refractivity contribution in [2.45, 2.75) is 70.6 Å². The van der Waals surface area contributed by atoms with Crippen LogP contribution in [0.3, 0.4) is 0 Å². The Kier molecular flexibility index (Phi) is 10.4. The first kappa shape index (κ1) is 32.1. The van der Waals surface area contributed by atoms with Gasteiger partial charge >= 0.3 is 12.1 Å². The van der Waals surface area contributed by atoms with Crippen LogP contribution in [0.15, 0.2) is 60.7 Å². The lowest BCUT2D eigenvalue weighted by molar-refractivity contribution is -0.134. The van der Waals surface area contributed by atoms with E-state index < -0.39 is 12.1 Å². The molecule has 0 saturated heterocycles. The second kappa shape index (κ2) is 14.6. The minimum atomic E-state index is -0.459. The van der Waals surface area contributed by atoms with E-state index in [2.05, 4.69) is 16.0 Å². The molecule has 5 rings (SSSR count). The van der Waals surface area contributed by atoms with Gasteiger partial charge in [0.25, 0.3) is 0 Å². The highest BCUT2D eigenvalue weighted by Gasteiger charge is 2.32. The largest absolute Gasteiger partial charge is 0.488 e. The van der Waals surface area contributed by atoms with Gasteiger partial charge in [0.2, 0.25) is 5.91 Å². The monoisotopic (exact) mass is 615 g/mol. The molecule has 0 aromatic heterocycles. The lowest BCUT2D eigenvalue weighted by Crippen LogP contribution is -2.48. The minimum absolute atomic E-state index is 0.0519. The van der Waals surface area contributed by atoms with E-state index in [9.17, 15) is 19.5 Å². The van der Waals surface area contributed by atoms with E-state index in [1.54, 1.807) is 35.0 Å². The highest BCUT2D eigenvalue weighted by molar-refractivity contribution is 6.01. The molecule has 0 bridgehead atoms. The van der Waals surface area contributed by atoms with Gasteiger partial charge in [-0.3, -0.25) is 4.79 Å². The van der Waals surface area contributed by atoms with Crippen LogP contribution in [-0.4, -0.2) is 77.8 Å². The number of carbonyl (C=O) groups is 3. The summed E-state index contributed by atoms with van der Waals surface area (Å²) in [6, 6.07) is 18.2. The van der Waals surface area contributed by atoms with Gasteiger partial charge in [0, 0.05) is 42.2 Å². The number of benzene rings is 3. The Bertz CT molecular complexity index is 1500. The van der Waals surface area contributed by atoms with Gasteiger partial charge in [-0.1, -0.05) is 62.6 Å². The number of hydrogen-bond acceptors (Lipinski definition) is 5. The van der Waals surface area contributed by atoms with E-state index in [4.69, 9.17) is 4.74 Å². The molecule has 1 fully saturated rings. The molecular weight excluding hydrogens is 570 g/mol. The topological polar surface area (TPSA) is 123 Å². The van der Waals surface area contributed by atoms with Crippen molar-refractivity contribution in [2.75, 3.05) is 37.4 Å². The molecule has 1 heterocycles. The summed E-state index contributed by atoms with van der Waals surface area (Å²) in [5, 5.41) is 21.0. The Morgan fingerprint density at radius 3 is 2.58 bits per heavy atom. The summed E-state index contributed by atoms with van der Waals surface area (Å²) >= 11 is 0. The molecule has 3 aromatic rings. The zero-order chi connectivity index (χ0) is 31.9. The highest BCUT2D eigenvalue weighted by atomic mass is 16.5. The first-order valence-electron chi connectivity index (χ1n) is 16.0. The predicted molar refractivity (Wildman–Crippen MR) is 177 cm³/mol. The van der Waals surface area contributed by atoms with Crippen LogP contribution in [0.1, 0.15) is 51.5 Å². The third-order valence-corrected chi connectivity index (χ3v) is 8.95. The maximum atomic E-state index is 13.6. The lowest BCUT2D eigenvalue weighted by Gasteiger charge is -2.34. The number of amides is 5. The van der Waals surface area contributed by atoms with Gasteiger partial charge in [-0.2, -0.15) is 0 Å². The summed E-state index contributed by atoms with van der Waals surface area (Å²) in [7, 11) is 1.72. The van der Waals surface area contributed by atoms with Crippen molar-refractivity contribution in [1.29, 1.82) is 0 Å². The van der Waals surface area contributed by atoms with E-state index in [1.165, 1.54) is 6.42 Å². The van der Waals surface area contributed by atoms with Crippen LogP contribution < -0.4 is 20.7 Å². The number of likely N-dealkylation sites (N-methyl/N-ethyl adjacent to an activating group) is 1. The molecule has 0 radical (unpaired) electrons. The van der Waals surface area contributed by atoms with Gasteiger partial charge < -0.3 is 35.6 Å². The van der Waals surface area contributed by atoms with Gasteiger partial charge in [-0.25, -0.2) is 9.59 Å². The van der Waals surface area contributed by atoms with Gasteiger partial charge in [-0.05, 0) is 49.4 Å². The van der Waals surface area contributed by atoms with Crippen molar-refractivity contribution in [1.82, 2.24) is 15.1 Å². The summed E-state index contributed by atoms with van der Waals surface area (Å²) in [6.45, 7) is 4.25. The Morgan fingerprint density at radius 2 is 1.80 bits per heavy atom. The van der Waals surface area contributed by atoms with E-state index in [0.717, 1.165) is 42.1 Å². The fourth-order valence-electron chi connectivity index (χ4n) is 6.22. The average Bonchev–Trinajstić information content (AvgIpc) is 3.08. The van der Waals surface area contributed by atoms with E-state index >= 15 is 0 Å². The van der Waals surface area contributed by atoms with Crippen LogP contribution in [0, 0.1) is 5.92 Å². The number of carbonyl (C=O) groups excluding carboxylic acids is 3. The van der Waals surface area contributed by atoms with Crippen molar-refractivity contribution in [3.8, 4) is 5.75 Å². The number of aliphatic hydroxyl groups is 1. The molecule has 10 nitrogen and oxygen atoms in total. The Morgan fingerprint density at radius 1 is 1.04 bits per heavy atom. The van der Waals surface area contributed by atoms with Crippen LogP contribution in [0.5, 0.6) is 5.75 Å². The van der Waals surface area contributed by atoms with Gasteiger partial charge in [0.1, 0.15) is 11.9 Å². The third kappa shape index (κ3) is 8.05. The standard InChI is InChI=1S/C35H45N5O5/c1-23-20-40(24(2)22-41)33(42)19-26-18-28(37-34(43)36-27-12-5-4-6-13-27)16-17-31(26)45-32(23)21-39(3)35(44)38-30-15-9-11-25-10-7-8-14-29(25)30/h7-11,14-18,23-24,27,32,41H,4-6,12-13,19-22H2,1-3H3,(H,38,44)(H2,36,37,43)/t23-,24-,32+/m1/s1. The molecule has 1 aliphatic heterocycles. The second-order valence-electron chi connectivity index (χ2n) is 12.5. The zero-order valence-electron chi connectivity index (χ0n) is 26.4. The molecular formula is C35H45N5O5. The Hall–Kier alpha value is -4.31. The average molecular weight is 616 g/mol. The normalized spacial score (nSPS) is 19.7. The van der Waals surface area contributed by atoms with Crippen molar-refractivity contribution >= 4 is 40.1 Å². The van der Waals surface area contributed by atoms with Crippen molar-refractivity contribution < 1.29 is 24.2 Å². The number of nitrogens with zero attached hydrogens (tertiary/aromatic N) is 2.